The maximum absolute atomic E-state index is 13.1. The number of ether oxygens (including phenoxy) is 4. The van der Waals surface area contributed by atoms with Crippen molar-refractivity contribution in [3.63, 3.8) is 0 Å². The molecule has 0 aliphatic carbocycles. The van der Waals surface area contributed by atoms with E-state index in [1.807, 2.05) is 0 Å². The minimum atomic E-state index is -4.97. The lowest BCUT2D eigenvalue weighted by molar-refractivity contribution is -0.161. The van der Waals surface area contributed by atoms with Crippen LogP contribution in [0.25, 0.3) is 0 Å². The molecule has 0 aromatic carbocycles. The lowest BCUT2D eigenvalue weighted by Crippen LogP contribution is -2.30. The second-order valence-electron chi connectivity index (χ2n) is 26.7. The highest BCUT2D eigenvalue weighted by atomic mass is 31.2. The number of unbranched alkanes of at least 4 members (excludes halogenated alkanes) is 39. The van der Waals surface area contributed by atoms with Crippen LogP contribution in [0.2, 0.25) is 0 Å². The van der Waals surface area contributed by atoms with Crippen molar-refractivity contribution in [2.75, 3.05) is 39.6 Å². The van der Waals surface area contributed by atoms with Crippen LogP contribution in [0.3, 0.4) is 0 Å². The smallest absolute Gasteiger partial charge is 0.462 e. The third-order valence-corrected chi connectivity index (χ3v) is 18.9. The van der Waals surface area contributed by atoms with E-state index in [1.54, 1.807) is 0 Å². The molecule has 19 heteroatoms. The van der Waals surface area contributed by atoms with Crippen LogP contribution in [-0.2, 0) is 65.4 Å². The number of rotatable bonds is 75. The van der Waals surface area contributed by atoms with Crippen LogP contribution in [0.15, 0.2) is 60.8 Å². The van der Waals surface area contributed by atoms with E-state index in [9.17, 15) is 43.2 Å². The van der Waals surface area contributed by atoms with Crippen LogP contribution < -0.4 is 0 Å². The topological polar surface area (TPSA) is 237 Å². The van der Waals surface area contributed by atoms with Crippen molar-refractivity contribution in [3.05, 3.63) is 60.8 Å². The number of esters is 4. The minimum absolute atomic E-state index is 0.0853. The minimum Gasteiger partial charge on any atom is -0.462 e. The number of hydrogen-bond donors (Lipinski definition) is 3. The van der Waals surface area contributed by atoms with Gasteiger partial charge in [0.1, 0.15) is 19.3 Å². The molecule has 572 valence electrons. The third-order valence-electron chi connectivity index (χ3n) is 17.0. The molecule has 5 atom stereocenters. The number of carbonyl (C=O) groups is 4. The van der Waals surface area contributed by atoms with Crippen LogP contribution in [-0.4, -0.2) is 96.7 Å². The molecule has 0 radical (unpaired) electrons. The van der Waals surface area contributed by atoms with Gasteiger partial charge in [0.25, 0.3) is 0 Å². The number of carbonyl (C=O) groups excluding carboxylic acids is 4. The number of allylic oxidation sites excluding steroid dienone is 10. The summed E-state index contributed by atoms with van der Waals surface area (Å²) in [5, 5.41) is 10.6. The first-order valence-corrected chi connectivity index (χ1v) is 42.5. The highest BCUT2D eigenvalue weighted by Gasteiger charge is 2.30. The van der Waals surface area contributed by atoms with Crippen LogP contribution in [0.1, 0.15) is 362 Å². The van der Waals surface area contributed by atoms with Gasteiger partial charge in [0.2, 0.25) is 0 Å². The summed E-state index contributed by atoms with van der Waals surface area (Å²) in [6, 6.07) is 0. The molecule has 0 rings (SSSR count). The summed E-state index contributed by atoms with van der Waals surface area (Å²) in [5.41, 5.74) is 0. The van der Waals surface area contributed by atoms with E-state index in [4.69, 9.17) is 37.0 Å². The summed E-state index contributed by atoms with van der Waals surface area (Å²) >= 11 is 0. The van der Waals surface area contributed by atoms with Crippen LogP contribution in [0.5, 0.6) is 0 Å². The molecule has 0 bridgehead atoms. The molecule has 0 heterocycles. The number of phosphoric ester groups is 2. The Hall–Kier alpha value is -3.24. The van der Waals surface area contributed by atoms with Crippen molar-refractivity contribution in [1.29, 1.82) is 0 Å². The van der Waals surface area contributed by atoms with Crippen molar-refractivity contribution in [2.24, 2.45) is 0 Å². The predicted octanol–water partition coefficient (Wildman–Crippen LogP) is 22.7. The van der Waals surface area contributed by atoms with E-state index < -0.39 is 97.5 Å². The van der Waals surface area contributed by atoms with Gasteiger partial charge in [0.05, 0.1) is 26.4 Å². The lowest BCUT2D eigenvalue weighted by atomic mass is 10.1. The Bertz CT molecular complexity index is 2100. The van der Waals surface area contributed by atoms with Gasteiger partial charge >= 0.3 is 39.5 Å². The predicted molar refractivity (Wildman–Crippen MR) is 400 cm³/mol. The quantitative estimate of drug-likeness (QED) is 0.0169. The fourth-order valence-electron chi connectivity index (χ4n) is 10.9. The van der Waals surface area contributed by atoms with Gasteiger partial charge in [-0.3, -0.25) is 37.3 Å². The molecule has 0 fully saturated rings. The fraction of sp³-hybridized carbons (Fsp3) is 0.823. The number of phosphoric acid groups is 2. The normalized spacial score (nSPS) is 14.2. The molecule has 0 aromatic heterocycles. The highest BCUT2D eigenvalue weighted by molar-refractivity contribution is 7.47. The lowest BCUT2D eigenvalue weighted by Gasteiger charge is -2.21. The Morgan fingerprint density at radius 3 is 0.806 bits per heavy atom. The Kier molecular flexibility index (Phi) is 69.7. The summed E-state index contributed by atoms with van der Waals surface area (Å²) in [7, 11) is -9.94. The number of hydrogen-bond acceptors (Lipinski definition) is 15. The SMILES string of the molecule is CCCCC/C=C\C/C=C\C/C=C\CCCCCCCCC(=O)OCC(COP(=O)(O)OCC(O)COP(=O)(O)OCC(COC(=O)CCCCCCC/C=C\CCCCCCCC)OC(=O)CCCCCCCCCCCCC)OC(=O)CCCCCCC/C=C\CCCCCC. The van der Waals surface area contributed by atoms with Crippen molar-refractivity contribution in [2.45, 2.75) is 380 Å². The molecular weight excluding hydrogens is 1280 g/mol. The Morgan fingerprint density at radius 2 is 0.500 bits per heavy atom. The molecule has 0 saturated carbocycles. The largest absolute Gasteiger partial charge is 0.472 e. The van der Waals surface area contributed by atoms with E-state index in [0.29, 0.717) is 25.7 Å². The summed E-state index contributed by atoms with van der Waals surface area (Å²) in [4.78, 5) is 72.8. The molecule has 0 spiro atoms. The van der Waals surface area contributed by atoms with E-state index >= 15 is 0 Å². The summed E-state index contributed by atoms with van der Waals surface area (Å²) in [6.07, 6.45) is 70.6. The zero-order valence-electron chi connectivity index (χ0n) is 62.5. The second kappa shape index (κ2) is 72.1. The van der Waals surface area contributed by atoms with Gasteiger partial charge in [-0.1, -0.05) is 281 Å². The highest BCUT2D eigenvalue weighted by Crippen LogP contribution is 2.45. The molecule has 0 aliphatic rings. The molecule has 0 saturated heterocycles. The molecule has 98 heavy (non-hydrogen) atoms. The van der Waals surface area contributed by atoms with E-state index in [2.05, 4.69) is 88.5 Å². The first-order chi connectivity index (χ1) is 47.7. The monoisotopic (exact) mass is 1430 g/mol. The van der Waals surface area contributed by atoms with Crippen LogP contribution >= 0.6 is 15.6 Å². The van der Waals surface area contributed by atoms with Crippen LogP contribution in [0, 0.1) is 0 Å². The van der Waals surface area contributed by atoms with E-state index in [-0.39, 0.29) is 25.7 Å². The summed E-state index contributed by atoms with van der Waals surface area (Å²) in [5.74, 6) is -2.18. The third kappa shape index (κ3) is 71.2. The maximum atomic E-state index is 13.1. The van der Waals surface area contributed by atoms with Crippen molar-refractivity contribution in [3.8, 4) is 0 Å². The standard InChI is InChI=1S/C79H144O17P2/c1-5-9-13-17-21-25-29-32-34-35-36-37-39-42-45-48-52-56-60-64-77(82)90-70-75(96-79(84)66-62-58-54-50-46-40-31-27-23-19-15-11-7-3)72-94-98(87,88)92-68-73(80)67-91-97(85,86)93-71-74(95-78(83)65-61-57-53-49-43-28-24-20-16-12-8-4)69-89-76(81)63-59-55-51-47-44-41-38-33-30-26-22-18-14-10-6-2/h21,25,27,31-34,36-38,73-75,80H,5-20,22-24,26,28-30,35,39-72H2,1-4H3,(H,85,86)(H,87,88)/b25-21-,31-27-,34-32-,37-36-,38-33-. The van der Waals surface area contributed by atoms with Crippen molar-refractivity contribution >= 4 is 39.5 Å². The fourth-order valence-corrected chi connectivity index (χ4v) is 12.4. The molecule has 0 amide bonds. The van der Waals surface area contributed by atoms with Gasteiger partial charge in [0, 0.05) is 25.7 Å². The number of aliphatic hydroxyl groups is 1. The number of aliphatic hydroxyl groups excluding tert-OH is 1. The van der Waals surface area contributed by atoms with E-state index in [0.717, 1.165) is 161 Å². The van der Waals surface area contributed by atoms with Gasteiger partial charge in [-0.25, -0.2) is 9.13 Å². The first kappa shape index (κ1) is 94.8. The zero-order valence-corrected chi connectivity index (χ0v) is 64.3. The molecule has 17 nitrogen and oxygen atoms in total. The Morgan fingerprint density at radius 1 is 0.286 bits per heavy atom. The maximum Gasteiger partial charge on any atom is 0.472 e. The first-order valence-electron chi connectivity index (χ1n) is 39.5. The van der Waals surface area contributed by atoms with Gasteiger partial charge in [0.15, 0.2) is 12.2 Å². The second-order valence-corrected chi connectivity index (χ2v) is 29.6. The van der Waals surface area contributed by atoms with Gasteiger partial charge in [-0.15, -0.1) is 0 Å². The van der Waals surface area contributed by atoms with Crippen LogP contribution in [0.4, 0.5) is 0 Å². The van der Waals surface area contributed by atoms with Crippen molar-refractivity contribution < 1.29 is 80.2 Å². The molecule has 0 aromatic rings. The summed E-state index contributed by atoms with van der Waals surface area (Å²) < 4.78 is 68.5. The molecule has 3 N–H and O–H groups in total. The van der Waals surface area contributed by atoms with Gasteiger partial charge < -0.3 is 33.8 Å². The van der Waals surface area contributed by atoms with E-state index in [1.165, 1.54) is 122 Å². The Balaban J connectivity index is 5.29. The molecule has 0 aliphatic heterocycles. The van der Waals surface area contributed by atoms with Crippen molar-refractivity contribution in [1.82, 2.24) is 0 Å². The summed E-state index contributed by atoms with van der Waals surface area (Å²) in [6.45, 7) is 4.84. The van der Waals surface area contributed by atoms with Gasteiger partial charge in [-0.05, 0) is 116 Å². The van der Waals surface area contributed by atoms with Gasteiger partial charge in [-0.2, -0.15) is 0 Å². The average molecular weight is 1430 g/mol. The molecular formula is C79H144O17P2. The molecule has 5 unspecified atom stereocenters. The Labute approximate surface area is 597 Å². The zero-order chi connectivity index (χ0) is 71.8. The average Bonchev–Trinajstić information content (AvgIpc) is 0.972.